The Labute approximate surface area is 160 Å². The molecule has 1 saturated heterocycles. The Morgan fingerprint density at radius 2 is 2.19 bits per heavy atom. The molecule has 0 spiro atoms. The molecule has 140 valence electrons. The number of carbonyl (C=O) groups is 1. The van der Waals surface area contributed by atoms with Gasteiger partial charge in [-0.2, -0.15) is 4.68 Å². The Kier molecular flexibility index (Phi) is 5.17. The number of nitro groups is 1. The zero-order valence-corrected chi connectivity index (χ0v) is 15.5. The minimum Gasteiger partial charge on any atom is -0.496 e. The van der Waals surface area contributed by atoms with Crippen LogP contribution in [0.3, 0.4) is 0 Å². The molecule has 0 radical (unpaired) electrons. The number of nitrogens with zero attached hydrogens (tertiary/aromatic N) is 4. The molecule has 27 heavy (non-hydrogen) atoms. The van der Waals surface area contributed by atoms with E-state index in [1.165, 1.54) is 21.8 Å². The molecule has 10 heteroatoms. The third kappa shape index (κ3) is 3.80. The summed E-state index contributed by atoms with van der Waals surface area (Å²) in [6, 6.07) is 6.76. The van der Waals surface area contributed by atoms with Gasteiger partial charge in [-0.05, 0) is 47.8 Å². The normalized spacial score (nSPS) is 15.3. The van der Waals surface area contributed by atoms with Gasteiger partial charge in [0.25, 0.3) is 5.91 Å². The highest BCUT2D eigenvalue weighted by Crippen LogP contribution is 2.23. The van der Waals surface area contributed by atoms with Gasteiger partial charge in [0.05, 0.1) is 31.0 Å². The van der Waals surface area contributed by atoms with E-state index in [1.807, 2.05) is 19.1 Å². The lowest BCUT2D eigenvalue weighted by molar-refractivity contribution is -0.389. The van der Waals surface area contributed by atoms with Gasteiger partial charge >= 0.3 is 5.82 Å². The van der Waals surface area contributed by atoms with Crippen LogP contribution in [0.4, 0.5) is 5.82 Å². The van der Waals surface area contributed by atoms with Crippen LogP contribution in [0.2, 0.25) is 0 Å². The summed E-state index contributed by atoms with van der Waals surface area (Å²) >= 11 is 5.15. The van der Waals surface area contributed by atoms with Gasteiger partial charge in [-0.3, -0.25) is 9.69 Å². The van der Waals surface area contributed by atoms with Crippen molar-refractivity contribution in [2.24, 2.45) is 0 Å². The lowest BCUT2D eigenvalue weighted by Gasteiger charge is -2.09. The number of nitrogens with one attached hydrogen (secondary N) is 1. The zero-order chi connectivity index (χ0) is 19.6. The Bertz CT molecular complexity index is 953. The molecule has 2 heterocycles. The van der Waals surface area contributed by atoms with E-state index in [2.05, 4.69) is 10.4 Å². The minimum absolute atomic E-state index is 0.178. The van der Waals surface area contributed by atoms with E-state index in [4.69, 9.17) is 17.0 Å². The SMILES string of the molecule is CCN1C(=O)/C(=C\c2ccc(OC)c(Cn3ccc([N+](=O)[O-])n3)c2)NC1=S. The average Bonchev–Trinajstić information content (AvgIpc) is 3.20. The number of likely N-dealkylation sites (N-methyl/N-ethyl adjacent to an activating group) is 1. The molecule has 3 rings (SSSR count). The first kappa shape index (κ1) is 18.5. The first-order valence-corrected chi connectivity index (χ1v) is 8.53. The Morgan fingerprint density at radius 3 is 2.78 bits per heavy atom. The summed E-state index contributed by atoms with van der Waals surface area (Å²) in [5.74, 6) is 0.218. The second kappa shape index (κ2) is 7.54. The highest BCUT2D eigenvalue weighted by atomic mass is 32.1. The fourth-order valence-corrected chi connectivity index (χ4v) is 3.07. The smallest absolute Gasteiger partial charge is 0.389 e. The molecule has 9 nitrogen and oxygen atoms in total. The van der Waals surface area contributed by atoms with E-state index < -0.39 is 4.92 Å². The van der Waals surface area contributed by atoms with Gasteiger partial charge in [0, 0.05) is 12.1 Å². The highest BCUT2D eigenvalue weighted by Gasteiger charge is 2.29. The number of amides is 1. The summed E-state index contributed by atoms with van der Waals surface area (Å²) in [6.07, 6.45) is 3.24. The highest BCUT2D eigenvalue weighted by molar-refractivity contribution is 7.80. The van der Waals surface area contributed by atoms with Crippen molar-refractivity contribution in [3.63, 3.8) is 0 Å². The summed E-state index contributed by atoms with van der Waals surface area (Å²) in [7, 11) is 1.54. The van der Waals surface area contributed by atoms with Crippen LogP contribution in [0.5, 0.6) is 5.75 Å². The van der Waals surface area contributed by atoms with E-state index in [0.717, 1.165) is 11.1 Å². The van der Waals surface area contributed by atoms with Crippen LogP contribution in [-0.2, 0) is 11.3 Å². The summed E-state index contributed by atoms with van der Waals surface area (Å²) in [6.45, 7) is 2.63. The van der Waals surface area contributed by atoms with Crippen LogP contribution in [0.25, 0.3) is 6.08 Å². The van der Waals surface area contributed by atoms with Gasteiger partial charge in [-0.25, -0.2) is 0 Å². The molecular weight excluding hydrogens is 370 g/mol. The number of ether oxygens (including phenoxy) is 1. The van der Waals surface area contributed by atoms with E-state index >= 15 is 0 Å². The van der Waals surface area contributed by atoms with Gasteiger partial charge in [-0.1, -0.05) is 6.07 Å². The average molecular weight is 387 g/mol. The van der Waals surface area contributed by atoms with Gasteiger partial charge in [0.15, 0.2) is 5.11 Å². The van der Waals surface area contributed by atoms with Crippen LogP contribution in [0.1, 0.15) is 18.1 Å². The summed E-state index contributed by atoms with van der Waals surface area (Å²) in [5.41, 5.74) is 1.93. The number of hydrogen-bond acceptors (Lipinski definition) is 6. The van der Waals surface area contributed by atoms with Crippen molar-refractivity contribution in [3.05, 3.63) is 57.4 Å². The molecule has 1 N–H and O–H groups in total. The number of rotatable bonds is 6. The maximum atomic E-state index is 12.3. The lowest BCUT2D eigenvalue weighted by atomic mass is 10.1. The van der Waals surface area contributed by atoms with E-state index in [0.29, 0.717) is 23.1 Å². The molecular formula is C17H17N5O4S. The fourth-order valence-electron chi connectivity index (χ4n) is 2.75. The van der Waals surface area contributed by atoms with Gasteiger partial charge in [0.2, 0.25) is 0 Å². The van der Waals surface area contributed by atoms with Crippen molar-refractivity contribution in [1.82, 2.24) is 20.0 Å². The molecule has 1 aromatic carbocycles. The van der Waals surface area contributed by atoms with Gasteiger partial charge < -0.3 is 20.2 Å². The molecule has 2 aromatic rings. The van der Waals surface area contributed by atoms with Crippen molar-refractivity contribution < 1.29 is 14.5 Å². The molecule has 0 unspecified atom stereocenters. The molecule has 1 aromatic heterocycles. The van der Waals surface area contributed by atoms with Crippen LogP contribution >= 0.6 is 12.2 Å². The predicted octanol–water partition coefficient (Wildman–Crippen LogP) is 1.93. The number of benzene rings is 1. The van der Waals surface area contributed by atoms with Crippen molar-refractivity contribution in [2.45, 2.75) is 13.5 Å². The number of aromatic nitrogens is 2. The Morgan fingerprint density at radius 1 is 1.41 bits per heavy atom. The van der Waals surface area contributed by atoms with Crippen LogP contribution < -0.4 is 10.1 Å². The standard InChI is InChI=1S/C17H17N5O4S/c1-3-21-16(23)13(18-17(21)27)9-11-4-5-14(26-2)12(8-11)10-20-7-6-15(19-20)22(24)25/h4-9H,3,10H2,1-2H3,(H,18,27)/b13-9+. The molecule has 1 amide bonds. The van der Waals surface area contributed by atoms with E-state index in [-0.39, 0.29) is 18.3 Å². The molecule has 0 aliphatic carbocycles. The molecule has 1 aliphatic heterocycles. The number of hydrogen-bond donors (Lipinski definition) is 1. The second-order valence-electron chi connectivity index (χ2n) is 5.74. The molecule has 0 atom stereocenters. The molecule has 1 aliphatic rings. The molecule has 1 fully saturated rings. The number of methoxy groups -OCH3 is 1. The van der Waals surface area contributed by atoms with Crippen molar-refractivity contribution in [1.29, 1.82) is 0 Å². The second-order valence-corrected chi connectivity index (χ2v) is 6.12. The van der Waals surface area contributed by atoms with Crippen molar-refractivity contribution in [2.75, 3.05) is 13.7 Å². The first-order valence-electron chi connectivity index (χ1n) is 8.12. The van der Waals surface area contributed by atoms with Gasteiger partial charge in [-0.15, -0.1) is 0 Å². The Hall–Kier alpha value is -3.27. The van der Waals surface area contributed by atoms with E-state index in [1.54, 1.807) is 19.3 Å². The van der Waals surface area contributed by atoms with Crippen LogP contribution in [0, 0.1) is 10.1 Å². The zero-order valence-electron chi connectivity index (χ0n) is 14.7. The van der Waals surface area contributed by atoms with Crippen LogP contribution in [0.15, 0.2) is 36.2 Å². The monoisotopic (exact) mass is 387 g/mol. The maximum absolute atomic E-state index is 12.3. The molecule has 0 saturated carbocycles. The topological polar surface area (TPSA) is 103 Å². The third-order valence-electron chi connectivity index (χ3n) is 4.04. The number of carbonyl (C=O) groups excluding carboxylic acids is 1. The minimum atomic E-state index is -0.547. The largest absolute Gasteiger partial charge is 0.496 e. The predicted molar refractivity (Wildman–Crippen MR) is 102 cm³/mol. The summed E-state index contributed by atoms with van der Waals surface area (Å²) in [4.78, 5) is 24.0. The number of thiocarbonyl (C=S) groups is 1. The maximum Gasteiger partial charge on any atom is 0.389 e. The van der Waals surface area contributed by atoms with Crippen molar-refractivity contribution in [3.8, 4) is 5.75 Å². The molecule has 0 bridgehead atoms. The fraction of sp³-hybridized carbons (Fsp3) is 0.235. The van der Waals surface area contributed by atoms with E-state index in [9.17, 15) is 14.9 Å². The first-order chi connectivity index (χ1) is 12.9. The Balaban J connectivity index is 1.89. The van der Waals surface area contributed by atoms with Gasteiger partial charge in [0.1, 0.15) is 11.4 Å². The third-order valence-corrected chi connectivity index (χ3v) is 4.36. The van der Waals surface area contributed by atoms with Crippen molar-refractivity contribution >= 4 is 35.1 Å². The lowest BCUT2D eigenvalue weighted by Crippen LogP contribution is -2.30. The summed E-state index contributed by atoms with van der Waals surface area (Å²) in [5, 5.41) is 18.0. The summed E-state index contributed by atoms with van der Waals surface area (Å²) < 4.78 is 6.82. The van der Waals surface area contributed by atoms with Crippen LogP contribution in [-0.4, -0.2) is 44.3 Å². The quantitative estimate of drug-likeness (QED) is 0.350.